The number of ether oxygens (including phenoxy) is 2. The molecular formula is C12H17ClFNO3. The Bertz CT molecular complexity index is 389. The van der Waals surface area contributed by atoms with Crippen molar-refractivity contribution < 1.29 is 18.7 Å². The summed E-state index contributed by atoms with van der Waals surface area (Å²) in [5.41, 5.74) is 6.13. The number of esters is 1. The molecule has 2 N–H and O–H groups in total. The minimum Gasteiger partial charge on any atom is -0.496 e. The van der Waals surface area contributed by atoms with Gasteiger partial charge in [0.25, 0.3) is 0 Å². The molecule has 1 unspecified atom stereocenters. The van der Waals surface area contributed by atoms with E-state index in [0.717, 1.165) is 0 Å². The first kappa shape index (κ1) is 16.7. The fourth-order valence-corrected chi connectivity index (χ4v) is 1.47. The molecule has 0 aromatic heterocycles. The maximum Gasteiger partial charge on any atom is 0.342 e. The van der Waals surface area contributed by atoms with Gasteiger partial charge >= 0.3 is 5.97 Å². The van der Waals surface area contributed by atoms with Gasteiger partial charge < -0.3 is 15.2 Å². The third-order valence-electron chi connectivity index (χ3n) is 2.33. The van der Waals surface area contributed by atoms with E-state index in [1.165, 1.54) is 7.11 Å². The van der Waals surface area contributed by atoms with Gasteiger partial charge in [0.05, 0.1) is 19.8 Å². The van der Waals surface area contributed by atoms with Crippen molar-refractivity contribution in [3.05, 3.63) is 29.8 Å². The first-order valence-corrected chi connectivity index (χ1v) is 5.31. The number of benzene rings is 1. The molecule has 4 nitrogen and oxygen atoms in total. The number of hydrogen-bond acceptors (Lipinski definition) is 4. The van der Waals surface area contributed by atoms with E-state index in [-0.39, 0.29) is 19.0 Å². The highest BCUT2D eigenvalue weighted by Gasteiger charge is 2.29. The second-order valence-electron chi connectivity index (χ2n) is 3.42. The molecule has 0 bridgehead atoms. The Morgan fingerprint density at radius 2 is 2.06 bits per heavy atom. The smallest absolute Gasteiger partial charge is 0.342 e. The molecule has 6 heteroatoms. The van der Waals surface area contributed by atoms with Gasteiger partial charge in [0.1, 0.15) is 5.75 Å². The number of methoxy groups -OCH3 is 1. The zero-order chi connectivity index (χ0) is 12.8. The molecule has 1 aromatic carbocycles. The van der Waals surface area contributed by atoms with Crippen LogP contribution in [0.2, 0.25) is 0 Å². The third kappa shape index (κ3) is 3.85. The van der Waals surface area contributed by atoms with Crippen molar-refractivity contribution in [2.75, 3.05) is 13.7 Å². The Balaban J connectivity index is 0.00000289. The van der Waals surface area contributed by atoms with Crippen LogP contribution in [0.4, 0.5) is 4.39 Å². The number of para-hydroxylation sites is 1. The summed E-state index contributed by atoms with van der Waals surface area (Å²) < 4.78 is 23.4. The van der Waals surface area contributed by atoms with Crippen LogP contribution in [0.1, 0.15) is 18.5 Å². The molecule has 0 saturated carbocycles. The monoisotopic (exact) mass is 277 g/mol. The van der Waals surface area contributed by atoms with Gasteiger partial charge in [-0.05, 0) is 13.0 Å². The van der Waals surface area contributed by atoms with Gasteiger partial charge in [0.2, 0.25) is 6.17 Å². The molecule has 0 saturated heterocycles. The van der Waals surface area contributed by atoms with E-state index in [0.29, 0.717) is 11.3 Å². The van der Waals surface area contributed by atoms with Crippen LogP contribution in [0.5, 0.6) is 5.75 Å². The predicted octanol–water partition coefficient (Wildman–Crippen LogP) is 2.02. The van der Waals surface area contributed by atoms with E-state index in [1.807, 2.05) is 0 Å². The largest absolute Gasteiger partial charge is 0.496 e. The van der Waals surface area contributed by atoms with E-state index in [4.69, 9.17) is 10.5 Å². The number of carbonyl (C=O) groups excluding carboxylic acids is 1. The lowest BCUT2D eigenvalue weighted by Crippen LogP contribution is -2.31. The maximum absolute atomic E-state index is 13.7. The topological polar surface area (TPSA) is 61.5 Å². The van der Waals surface area contributed by atoms with Crippen molar-refractivity contribution in [2.24, 2.45) is 5.73 Å². The van der Waals surface area contributed by atoms with Gasteiger partial charge in [-0.3, -0.25) is 0 Å². The summed E-state index contributed by atoms with van der Waals surface area (Å²) in [6.07, 6.45) is -1.90. The molecule has 0 aliphatic heterocycles. The number of nitrogens with two attached hydrogens (primary N) is 1. The van der Waals surface area contributed by atoms with E-state index < -0.39 is 18.2 Å². The lowest BCUT2D eigenvalue weighted by atomic mass is 10.0. The van der Waals surface area contributed by atoms with Crippen LogP contribution in [-0.4, -0.2) is 25.9 Å². The van der Waals surface area contributed by atoms with Gasteiger partial charge in [-0.15, -0.1) is 12.4 Å². The summed E-state index contributed by atoms with van der Waals surface area (Å²) in [6.45, 7) is 1.73. The normalized spacial score (nSPS) is 13.1. The standard InChI is InChI=1S/C12H16FNO3.ClH/c1-3-17-12(15)10(13)11(14)8-6-4-5-7-9(8)16-2;/h4-7,10-11H,3,14H2,1-2H3;1H/t10?,11-;/m0./s1. The van der Waals surface area contributed by atoms with Gasteiger partial charge in [-0.2, -0.15) is 0 Å². The molecule has 1 rings (SSSR count). The second kappa shape index (κ2) is 7.89. The summed E-state index contributed by atoms with van der Waals surface area (Å²) in [6, 6.07) is 5.63. The van der Waals surface area contributed by atoms with Crippen LogP contribution in [0.15, 0.2) is 24.3 Å². The highest BCUT2D eigenvalue weighted by molar-refractivity contribution is 5.85. The van der Waals surface area contributed by atoms with Crippen LogP contribution in [-0.2, 0) is 9.53 Å². The van der Waals surface area contributed by atoms with Crippen LogP contribution in [0.3, 0.4) is 0 Å². The lowest BCUT2D eigenvalue weighted by molar-refractivity contribution is -0.149. The van der Waals surface area contributed by atoms with Crippen molar-refractivity contribution in [2.45, 2.75) is 19.1 Å². The first-order valence-electron chi connectivity index (χ1n) is 5.31. The molecule has 0 fully saturated rings. The SMILES string of the molecule is CCOC(=O)C(F)[C@@H](N)c1ccccc1OC.Cl. The van der Waals surface area contributed by atoms with Gasteiger partial charge in [-0.1, -0.05) is 18.2 Å². The van der Waals surface area contributed by atoms with Gasteiger partial charge in [-0.25, -0.2) is 9.18 Å². The van der Waals surface area contributed by atoms with Crippen LogP contribution >= 0.6 is 12.4 Å². The van der Waals surface area contributed by atoms with E-state index in [1.54, 1.807) is 31.2 Å². The van der Waals surface area contributed by atoms with Crippen LogP contribution in [0.25, 0.3) is 0 Å². The quantitative estimate of drug-likeness (QED) is 0.837. The summed E-state index contributed by atoms with van der Waals surface area (Å²) in [5, 5.41) is 0. The molecule has 0 aliphatic carbocycles. The number of carbonyl (C=O) groups is 1. The van der Waals surface area contributed by atoms with Crippen molar-refractivity contribution in [1.82, 2.24) is 0 Å². The molecule has 0 radical (unpaired) electrons. The minimum absolute atomic E-state index is 0. The summed E-state index contributed by atoms with van der Waals surface area (Å²) in [7, 11) is 1.46. The number of alkyl halides is 1. The molecule has 0 aliphatic rings. The van der Waals surface area contributed by atoms with Crippen molar-refractivity contribution >= 4 is 18.4 Å². The Morgan fingerprint density at radius 1 is 1.44 bits per heavy atom. The summed E-state index contributed by atoms with van der Waals surface area (Å²) in [5.74, 6) is -0.502. The van der Waals surface area contributed by atoms with Crippen LogP contribution in [0, 0.1) is 0 Å². The molecular weight excluding hydrogens is 261 g/mol. The fourth-order valence-electron chi connectivity index (χ4n) is 1.47. The van der Waals surface area contributed by atoms with Gasteiger partial charge in [0.15, 0.2) is 0 Å². The van der Waals surface area contributed by atoms with Gasteiger partial charge in [0, 0.05) is 5.56 Å². The minimum atomic E-state index is -1.90. The Hall–Kier alpha value is -1.33. The maximum atomic E-state index is 13.7. The zero-order valence-corrected chi connectivity index (χ0v) is 11.1. The third-order valence-corrected chi connectivity index (χ3v) is 2.33. The fraction of sp³-hybridized carbons (Fsp3) is 0.417. The van der Waals surface area contributed by atoms with Crippen LogP contribution < -0.4 is 10.5 Å². The molecule has 0 spiro atoms. The van der Waals surface area contributed by atoms with Crippen molar-refractivity contribution in [1.29, 1.82) is 0 Å². The first-order chi connectivity index (χ1) is 8.11. The number of hydrogen-bond donors (Lipinski definition) is 1. The molecule has 102 valence electrons. The Morgan fingerprint density at radius 3 is 2.61 bits per heavy atom. The highest BCUT2D eigenvalue weighted by Crippen LogP contribution is 2.27. The number of halogens is 2. The summed E-state index contributed by atoms with van der Waals surface area (Å²) >= 11 is 0. The zero-order valence-electron chi connectivity index (χ0n) is 10.3. The van der Waals surface area contributed by atoms with E-state index >= 15 is 0 Å². The Labute approximate surface area is 112 Å². The second-order valence-corrected chi connectivity index (χ2v) is 3.42. The predicted molar refractivity (Wildman–Crippen MR) is 68.7 cm³/mol. The summed E-state index contributed by atoms with van der Waals surface area (Å²) in [4.78, 5) is 11.2. The highest BCUT2D eigenvalue weighted by atomic mass is 35.5. The van der Waals surface area contributed by atoms with Crippen molar-refractivity contribution in [3.63, 3.8) is 0 Å². The molecule has 0 amide bonds. The lowest BCUT2D eigenvalue weighted by Gasteiger charge is -2.18. The molecule has 18 heavy (non-hydrogen) atoms. The molecule has 0 heterocycles. The van der Waals surface area contributed by atoms with Crippen molar-refractivity contribution in [3.8, 4) is 5.75 Å². The molecule has 1 aromatic rings. The van der Waals surface area contributed by atoms with E-state index in [2.05, 4.69) is 4.74 Å². The number of rotatable bonds is 5. The average Bonchev–Trinajstić information content (AvgIpc) is 2.37. The average molecular weight is 278 g/mol. The Kier molecular flexibility index (Phi) is 7.31. The van der Waals surface area contributed by atoms with E-state index in [9.17, 15) is 9.18 Å². The molecule has 2 atom stereocenters.